The molecule has 0 bridgehead atoms. The summed E-state index contributed by atoms with van der Waals surface area (Å²) in [7, 11) is 0. The molecule has 0 aliphatic carbocycles. The van der Waals surface area contributed by atoms with Crippen molar-refractivity contribution in [3.63, 3.8) is 0 Å². The van der Waals surface area contributed by atoms with E-state index in [1.54, 1.807) is 0 Å². The van der Waals surface area contributed by atoms with E-state index in [1.807, 2.05) is 0 Å². The highest BCUT2D eigenvalue weighted by atomic mass is 16.6. The topological polar surface area (TPSA) is 78.9 Å². The van der Waals surface area contributed by atoms with E-state index in [1.165, 1.54) is 173 Å². The zero-order chi connectivity index (χ0) is 44.2. The van der Waals surface area contributed by atoms with Crippen molar-refractivity contribution < 1.29 is 28.6 Å². The van der Waals surface area contributed by atoms with Crippen LogP contribution in [0.5, 0.6) is 0 Å². The molecular weight excluding hydrogens is 745 g/mol. The van der Waals surface area contributed by atoms with Gasteiger partial charge in [-0.1, -0.05) is 253 Å². The van der Waals surface area contributed by atoms with Crippen LogP contribution in [0.4, 0.5) is 0 Å². The lowest BCUT2D eigenvalue weighted by molar-refractivity contribution is -0.167. The van der Waals surface area contributed by atoms with Crippen molar-refractivity contribution in [1.82, 2.24) is 0 Å². The maximum Gasteiger partial charge on any atom is 0.306 e. The van der Waals surface area contributed by atoms with Crippen molar-refractivity contribution in [2.45, 2.75) is 298 Å². The second-order valence-corrected chi connectivity index (χ2v) is 19.9. The van der Waals surface area contributed by atoms with Gasteiger partial charge in [-0.25, -0.2) is 0 Å². The average molecular weight is 849 g/mol. The minimum absolute atomic E-state index is 0.0646. The van der Waals surface area contributed by atoms with Crippen molar-refractivity contribution in [3.05, 3.63) is 0 Å². The summed E-state index contributed by atoms with van der Waals surface area (Å²) in [5.41, 5.74) is 0. The van der Waals surface area contributed by atoms with E-state index in [0.29, 0.717) is 19.3 Å². The van der Waals surface area contributed by atoms with Gasteiger partial charge >= 0.3 is 17.9 Å². The molecule has 0 aromatic heterocycles. The van der Waals surface area contributed by atoms with E-state index in [-0.39, 0.29) is 31.1 Å². The highest BCUT2D eigenvalue weighted by molar-refractivity contribution is 5.71. The monoisotopic (exact) mass is 849 g/mol. The Balaban J connectivity index is 4.30. The van der Waals surface area contributed by atoms with E-state index in [9.17, 15) is 14.4 Å². The zero-order valence-electron chi connectivity index (χ0n) is 41.3. The Morgan fingerprint density at radius 3 is 0.717 bits per heavy atom. The Morgan fingerprint density at radius 2 is 0.483 bits per heavy atom. The first-order valence-electron chi connectivity index (χ1n) is 26.6. The lowest BCUT2D eigenvalue weighted by Gasteiger charge is -2.18. The summed E-state index contributed by atoms with van der Waals surface area (Å²) < 4.78 is 16.8. The van der Waals surface area contributed by atoms with Gasteiger partial charge in [0.1, 0.15) is 13.2 Å². The van der Waals surface area contributed by atoms with Gasteiger partial charge in [-0.2, -0.15) is 0 Å². The molecule has 0 aliphatic heterocycles. The molecule has 0 unspecified atom stereocenters. The Kier molecular flexibility index (Phi) is 44.2. The number of ether oxygens (including phenoxy) is 3. The Hall–Kier alpha value is -1.59. The molecule has 60 heavy (non-hydrogen) atoms. The molecule has 0 amide bonds. The standard InChI is InChI=1S/C54H104O6/c1-48(2)40-34-28-22-16-12-8-7-9-15-19-27-33-39-45-54(57)60-51(47-59-53(56)44-38-32-26-21-20-24-30-36-42-50(5)6)46-58-52(55)43-37-31-25-18-14-11-10-13-17-23-29-35-41-49(3)4/h48-51H,7-47H2,1-6H3/t51-/m1/s1. The molecule has 6 nitrogen and oxygen atoms in total. The maximum atomic E-state index is 12.8. The van der Waals surface area contributed by atoms with Gasteiger partial charge in [0.25, 0.3) is 0 Å². The molecule has 0 radical (unpaired) electrons. The van der Waals surface area contributed by atoms with Crippen LogP contribution in [0.25, 0.3) is 0 Å². The summed E-state index contributed by atoms with van der Waals surface area (Å²) in [6.45, 7) is 13.7. The summed E-state index contributed by atoms with van der Waals surface area (Å²) in [5.74, 6) is 1.62. The zero-order valence-corrected chi connectivity index (χ0v) is 41.3. The predicted molar refractivity (Wildman–Crippen MR) is 256 cm³/mol. The first-order chi connectivity index (χ1) is 29.1. The molecule has 0 N–H and O–H groups in total. The lowest BCUT2D eigenvalue weighted by Crippen LogP contribution is -2.30. The van der Waals surface area contributed by atoms with Crippen molar-refractivity contribution in [1.29, 1.82) is 0 Å². The van der Waals surface area contributed by atoms with Gasteiger partial charge in [-0.3, -0.25) is 14.4 Å². The fraction of sp³-hybridized carbons (Fsp3) is 0.944. The van der Waals surface area contributed by atoms with Gasteiger partial charge in [-0.05, 0) is 37.0 Å². The number of esters is 3. The van der Waals surface area contributed by atoms with Gasteiger partial charge in [0.05, 0.1) is 0 Å². The van der Waals surface area contributed by atoms with Crippen molar-refractivity contribution in [3.8, 4) is 0 Å². The van der Waals surface area contributed by atoms with Crippen LogP contribution in [0.2, 0.25) is 0 Å². The van der Waals surface area contributed by atoms with E-state index < -0.39 is 6.10 Å². The fourth-order valence-corrected chi connectivity index (χ4v) is 8.12. The van der Waals surface area contributed by atoms with Gasteiger partial charge in [0.15, 0.2) is 6.10 Å². The van der Waals surface area contributed by atoms with E-state index in [2.05, 4.69) is 41.5 Å². The van der Waals surface area contributed by atoms with Crippen LogP contribution in [-0.4, -0.2) is 37.2 Å². The molecule has 0 aromatic carbocycles. The van der Waals surface area contributed by atoms with Crippen LogP contribution in [0.3, 0.4) is 0 Å². The van der Waals surface area contributed by atoms with Gasteiger partial charge < -0.3 is 14.2 Å². The minimum Gasteiger partial charge on any atom is -0.462 e. The molecule has 6 heteroatoms. The summed E-state index contributed by atoms with van der Waals surface area (Å²) >= 11 is 0. The van der Waals surface area contributed by atoms with Crippen LogP contribution in [0.15, 0.2) is 0 Å². The molecule has 1 atom stereocenters. The number of hydrogen-bond acceptors (Lipinski definition) is 6. The summed E-state index contributed by atoms with van der Waals surface area (Å²) in [5, 5.41) is 0. The smallest absolute Gasteiger partial charge is 0.306 e. The maximum absolute atomic E-state index is 12.8. The fourth-order valence-electron chi connectivity index (χ4n) is 8.12. The minimum atomic E-state index is -0.763. The predicted octanol–water partition coefficient (Wildman–Crippen LogP) is 17.2. The molecule has 0 heterocycles. The normalized spacial score (nSPS) is 12.2. The van der Waals surface area contributed by atoms with Crippen LogP contribution in [0, 0.1) is 17.8 Å². The van der Waals surface area contributed by atoms with Crippen molar-refractivity contribution in [2.75, 3.05) is 13.2 Å². The molecule has 356 valence electrons. The third-order valence-corrected chi connectivity index (χ3v) is 12.1. The Morgan fingerprint density at radius 1 is 0.283 bits per heavy atom. The molecule has 0 spiro atoms. The van der Waals surface area contributed by atoms with Crippen LogP contribution >= 0.6 is 0 Å². The number of unbranched alkanes of at least 4 members (excludes halogenated alkanes) is 30. The van der Waals surface area contributed by atoms with Crippen molar-refractivity contribution in [2.24, 2.45) is 17.8 Å². The molecule has 0 saturated heterocycles. The largest absolute Gasteiger partial charge is 0.462 e. The molecule has 0 aliphatic rings. The van der Waals surface area contributed by atoms with E-state index in [0.717, 1.165) is 75.5 Å². The molecule has 0 fully saturated rings. The Labute approximate surface area is 374 Å². The lowest BCUT2D eigenvalue weighted by atomic mass is 10.0. The van der Waals surface area contributed by atoms with Gasteiger partial charge in [0.2, 0.25) is 0 Å². The third kappa shape index (κ3) is 47.5. The highest BCUT2D eigenvalue weighted by Crippen LogP contribution is 2.18. The number of carbonyl (C=O) groups is 3. The SMILES string of the molecule is CC(C)CCCCCCCCCCCCCCCC(=O)O[C@H](COC(=O)CCCCCCCCCCCCCCC(C)C)COC(=O)CCCCCCCCCCC(C)C. The number of rotatable bonds is 47. The van der Waals surface area contributed by atoms with Crippen LogP contribution < -0.4 is 0 Å². The summed E-state index contributed by atoms with van der Waals surface area (Å²) in [6, 6.07) is 0. The number of hydrogen-bond donors (Lipinski definition) is 0. The number of carbonyl (C=O) groups excluding carboxylic acids is 3. The first-order valence-corrected chi connectivity index (χ1v) is 26.6. The first kappa shape index (κ1) is 58.4. The quantitative estimate of drug-likeness (QED) is 0.0345. The second-order valence-electron chi connectivity index (χ2n) is 19.9. The molecule has 0 aromatic rings. The van der Waals surface area contributed by atoms with E-state index >= 15 is 0 Å². The van der Waals surface area contributed by atoms with Gasteiger partial charge in [-0.15, -0.1) is 0 Å². The molecule has 0 rings (SSSR count). The molecule has 0 saturated carbocycles. The van der Waals surface area contributed by atoms with Crippen LogP contribution in [0.1, 0.15) is 292 Å². The second kappa shape index (κ2) is 45.4. The summed E-state index contributed by atoms with van der Waals surface area (Å²) in [4.78, 5) is 38.0. The summed E-state index contributed by atoms with van der Waals surface area (Å²) in [6.07, 6.45) is 45.2. The van der Waals surface area contributed by atoms with Crippen LogP contribution in [-0.2, 0) is 28.6 Å². The van der Waals surface area contributed by atoms with E-state index in [4.69, 9.17) is 14.2 Å². The third-order valence-electron chi connectivity index (χ3n) is 12.1. The highest BCUT2D eigenvalue weighted by Gasteiger charge is 2.19. The Bertz CT molecular complexity index is 929. The average Bonchev–Trinajstić information content (AvgIpc) is 3.20. The molecular formula is C54H104O6. The van der Waals surface area contributed by atoms with Gasteiger partial charge in [0, 0.05) is 19.3 Å². The van der Waals surface area contributed by atoms with Crippen molar-refractivity contribution >= 4 is 17.9 Å².